The van der Waals surface area contributed by atoms with Gasteiger partial charge in [-0.3, -0.25) is 10.1 Å². The van der Waals surface area contributed by atoms with E-state index in [4.69, 9.17) is 33.7 Å². The first-order valence-electron chi connectivity index (χ1n) is 27.0. The molecule has 0 aromatic heterocycles. The predicted octanol–water partition coefficient (Wildman–Crippen LogP) is 11.7. The Hall–Kier alpha value is -5.81. The van der Waals surface area contributed by atoms with Crippen LogP contribution in [-0.4, -0.2) is 96.4 Å². The number of oxime groups is 1. The lowest BCUT2D eigenvalue weighted by molar-refractivity contribution is -0.384. The summed E-state index contributed by atoms with van der Waals surface area (Å²) in [6.07, 6.45) is 18.9. The summed E-state index contributed by atoms with van der Waals surface area (Å²) in [4.78, 5) is 46.2. The summed E-state index contributed by atoms with van der Waals surface area (Å²) in [7, 11) is 1.65. The van der Waals surface area contributed by atoms with E-state index < -0.39 is 34.9 Å². The number of rotatable bonds is 33. The lowest BCUT2D eigenvalue weighted by Crippen LogP contribution is -2.69. The van der Waals surface area contributed by atoms with Gasteiger partial charge in [-0.2, -0.15) is 0 Å². The predicted molar refractivity (Wildman–Crippen MR) is 284 cm³/mol. The smallest absolute Gasteiger partial charge is 0.412 e. The number of unbranched alkanes of at least 4 members (excludes halogenated alkanes) is 11. The molecule has 74 heavy (non-hydrogen) atoms. The van der Waals surface area contributed by atoms with Gasteiger partial charge in [0.2, 0.25) is 5.79 Å². The fourth-order valence-corrected chi connectivity index (χ4v) is 10.8. The minimum absolute atomic E-state index is 0.0114. The van der Waals surface area contributed by atoms with Gasteiger partial charge in [0.25, 0.3) is 5.69 Å². The fraction of sp³-hybridized carbons (Fsp3) is 0.569. The van der Waals surface area contributed by atoms with Gasteiger partial charge in [-0.15, -0.1) is 6.58 Å². The van der Waals surface area contributed by atoms with Gasteiger partial charge in [0.15, 0.2) is 0 Å². The number of benzene rings is 3. The second-order valence-electron chi connectivity index (χ2n) is 19.7. The average Bonchev–Trinajstić information content (AvgIpc) is 3.45. The minimum atomic E-state index is -1.53. The summed E-state index contributed by atoms with van der Waals surface area (Å²) < 4.78 is 31.9. The first-order valence-corrected chi connectivity index (χ1v) is 27.0. The first kappa shape index (κ1) is 57.5. The summed E-state index contributed by atoms with van der Waals surface area (Å²) in [6, 6.07) is 20.3. The Morgan fingerprint density at radius 3 is 2.26 bits per heavy atom. The molecule has 6 rings (SSSR count). The number of nitro benzene ring substituents is 1. The van der Waals surface area contributed by atoms with E-state index >= 15 is 0 Å². The summed E-state index contributed by atoms with van der Waals surface area (Å²) in [6.45, 7) is 7.40. The standard InChI is InChI=1S/C58H80N4O12/c1-4-6-7-8-9-10-11-12-13-19-32-59-56(65)73-47-30-31-52-50(39-47)54-48(25-18-21-34-64)45(24-17-20-33-63)38-49-51(60-72-42-44-26-28-46(29-27-44)62(67)68)40-53(58(74-52,55(49)54)71-35-5-2)61(3)57(66)70-37-36-69-41-43-22-15-14-16-23-43/h5,14-16,22-23,26-31,38-39,45,48,53-55,63-64H,2,4,6-13,17-21,24-25,32-37,40-42H2,1,3H3,(H,59,65). The van der Waals surface area contributed by atoms with Crippen molar-refractivity contribution in [2.45, 2.75) is 147 Å². The Morgan fingerprint density at radius 1 is 0.878 bits per heavy atom. The third-order valence-corrected chi connectivity index (χ3v) is 14.5. The fourth-order valence-electron chi connectivity index (χ4n) is 10.8. The number of ether oxygens (including phenoxy) is 5. The van der Waals surface area contributed by atoms with Gasteiger partial charge in [-0.25, -0.2) is 9.59 Å². The number of amides is 2. The van der Waals surface area contributed by atoms with Crippen LogP contribution in [0.2, 0.25) is 0 Å². The largest absolute Gasteiger partial charge is 0.459 e. The Balaban J connectivity index is 1.34. The summed E-state index contributed by atoms with van der Waals surface area (Å²) >= 11 is 0. The molecule has 3 N–H and O–H groups in total. The molecule has 3 aromatic carbocycles. The van der Waals surface area contributed by atoms with Crippen LogP contribution in [0.25, 0.3) is 0 Å². The van der Waals surface area contributed by atoms with Crippen molar-refractivity contribution in [3.63, 3.8) is 0 Å². The van der Waals surface area contributed by atoms with Gasteiger partial charge in [0.1, 0.15) is 30.8 Å². The van der Waals surface area contributed by atoms with E-state index in [9.17, 15) is 29.9 Å². The molecule has 3 aliphatic rings. The minimum Gasteiger partial charge on any atom is -0.459 e. The van der Waals surface area contributed by atoms with Crippen molar-refractivity contribution in [1.82, 2.24) is 10.2 Å². The van der Waals surface area contributed by atoms with Crippen LogP contribution in [0.4, 0.5) is 15.3 Å². The van der Waals surface area contributed by atoms with E-state index in [0.717, 1.165) is 55.2 Å². The van der Waals surface area contributed by atoms with Crippen molar-refractivity contribution in [2.75, 3.05) is 46.6 Å². The third kappa shape index (κ3) is 16.1. The maximum atomic E-state index is 14.3. The highest BCUT2D eigenvalue weighted by molar-refractivity contribution is 6.03. The molecule has 3 aromatic rings. The number of fused-ring (bicyclic) bond motifs is 2. The number of nitro groups is 1. The molecule has 1 aliphatic heterocycles. The van der Waals surface area contributed by atoms with Crippen molar-refractivity contribution in [3.05, 3.63) is 124 Å². The number of aliphatic hydroxyl groups excluding tert-OH is 2. The van der Waals surface area contributed by atoms with Crippen molar-refractivity contribution < 1.29 is 53.2 Å². The van der Waals surface area contributed by atoms with Crippen molar-refractivity contribution >= 4 is 23.6 Å². The number of nitrogens with zero attached hydrogens (tertiary/aromatic N) is 3. The average molecular weight is 1030 g/mol. The molecular weight excluding hydrogens is 945 g/mol. The highest BCUT2D eigenvalue weighted by Crippen LogP contribution is 2.62. The van der Waals surface area contributed by atoms with Crippen LogP contribution >= 0.6 is 0 Å². The lowest BCUT2D eigenvalue weighted by atomic mass is 9.55. The second kappa shape index (κ2) is 30.5. The molecule has 1 heterocycles. The van der Waals surface area contributed by atoms with Crippen molar-refractivity contribution in [2.24, 2.45) is 22.9 Å². The first-order chi connectivity index (χ1) is 36.1. The number of carbonyl (C=O) groups is 2. The van der Waals surface area contributed by atoms with Crippen LogP contribution in [0.5, 0.6) is 11.5 Å². The number of non-ortho nitro benzene ring substituents is 1. The highest BCUT2D eigenvalue weighted by Gasteiger charge is 2.65. The van der Waals surface area contributed by atoms with Gasteiger partial charge in [-0.05, 0) is 91.0 Å². The van der Waals surface area contributed by atoms with Gasteiger partial charge < -0.3 is 49.0 Å². The Kier molecular flexibility index (Phi) is 23.7. The quantitative estimate of drug-likeness (QED) is 0.0226. The lowest BCUT2D eigenvalue weighted by Gasteiger charge is -2.59. The summed E-state index contributed by atoms with van der Waals surface area (Å²) in [5.74, 6) is -1.77. The maximum absolute atomic E-state index is 14.3. The molecule has 404 valence electrons. The molecule has 0 saturated heterocycles. The molecule has 0 bridgehead atoms. The van der Waals surface area contributed by atoms with E-state index in [1.807, 2.05) is 36.4 Å². The zero-order valence-corrected chi connectivity index (χ0v) is 43.7. The summed E-state index contributed by atoms with van der Waals surface area (Å²) in [5.41, 5.74) is 3.79. The topological polar surface area (TPSA) is 201 Å². The zero-order chi connectivity index (χ0) is 52.5. The van der Waals surface area contributed by atoms with Crippen LogP contribution in [0.3, 0.4) is 0 Å². The molecule has 16 nitrogen and oxygen atoms in total. The zero-order valence-electron chi connectivity index (χ0n) is 43.7. The van der Waals surface area contributed by atoms with E-state index in [1.54, 1.807) is 37.4 Å². The Morgan fingerprint density at radius 2 is 1.57 bits per heavy atom. The number of carbonyl (C=O) groups excluding carboxylic acids is 2. The van der Waals surface area contributed by atoms with Gasteiger partial charge in [0, 0.05) is 56.8 Å². The normalized spacial score (nSPS) is 21.1. The number of likely N-dealkylation sites (N-methyl/N-ethyl adjacent to an activating group) is 1. The van der Waals surface area contributed by atoms with Crippen LogP contribution in [0, 0.1) is 27.9 Å². The molecule has 0 radical (unpaired) electrons. The number of hydrogen-bond acceptors (Lipinski definition) is 13. The van der Waals surface area contributed by atoms with Gasteiger partial charge in [-0.1, -0.05) is 125 Å². The van der Waals surface area contributed by atoms with Gasteiger partial charge in [0.05, 0.1) is 36.4 Å². The Labute approximate surface area is 437 Å². The second-order valence-corrected chi connectivity index (χ2v) is 19.7. The highest BCUT2D eigenvalue weighted by atomic mass is 16.7. The van der Waals surface area contributed by atoms with Gasteiger partial charge >= 0.3 is 12.2 Å². The number of aliphatic hydroxyl groups is 2. The molecule has 1 fully saturated rings. The molecule has 6 atom stereocenters. The third-order valence-electron chi connectivity index (χ3n) is 14.5. The molecule has 0 spiro atoms. The SMILES string of the molecule is C=CCOC12Oc3ccc(OC(=O)NCCCCCCCCCCCC)cc3C3C(CCCCO)C(CCCCO)C=C(C(=NOCc4ccc([N+](=O)[O-])cc4)CC1N(C)C(=O)OCCOCc1ccccc1)C32. The molecule has 2 aliphatic carbocycles. The van der Waals surface area contributed by atoms with E-state index in [2.05, 4.69) is 24.9 Å². The number of allylic oxidation sites excluding steroid dienone is 1. The molecule has 2 amide bonds. The van der Waals surface area contributed by atoms with E-state index in [0.29, 0.717) is 55.2 Å². The van der Waals surface area contributed by atoms with Crippen molar-refractivity contribution in [3.8, 4) is 11.5 Å². The molecule has 1 saturated carbocycles. The van der Waals surface area contributed by atoms with E-state index in [-0.39, 0.29) is 69.5 Å². The number of nitrogens with one attached hydrogen (secondary N) is 1. The van der Waals surface area contributed by atoms with Crippen LogP contribution in [-0.2, 0) is 32.3 Å². The maximum Gasteiger partial charge on any atom is 0.412 e. The molecular formula is C58H80N4O12. The van der Waals surface area contributed by atoms with Crippen LogP contribution < -0.4 is 14.8 Å². The summed E-state index contributed by atoms with van der Waals surface area (Å²) in [5, 5.41) is 39.1. The van der Waals surface area contributed by atoms with Crippen LogP contribution in [0.1, 0.15) is 139 Å². The van der Waals surface area contributed by atoms with E-state index in [1.165, 1.54) is 62.0 Å². The number of hydrogen-bond donors (Lipinski definition) is 3. The Bertz CT molecular complexity index is 2280. The van der Waals surface area contributed by atoms with Crippen molar-refractivity contribution in [1.29, 1.82) is 0 Å². The van der Waals surface area contributed by atoms with Crippen LogP contribution in [0.15, 0.2) is 102 Å². The molecule has 16 heteroatoms. The molecule has 6 unspecified atom stereocenters. The monoisotopic (exact) mass is 1020 g/mol.